The summed E-state index contributed by atoms with van der Waals surface area (Å²) in [5.41, 5.74) is 0. The van der Waals surface area contributed by atoms with Crippen LogP contribution >= 0.6 is 0 Å². The predicted octanol–water partition coefficient (Wildman–Crippen LogP) is 1.38. The third-order valence-electron chi connectivity index (χ3n) is 2.80. The first kappa shape index (κ1) is 16.4. The fraction of sp³-hybridized carbons (Fsp3) is 0.643. The SMILES string of the molecule is CC(=O)OC(CC(C)C[C@H]1OCC=CC1=O)OC(C)=O. The molecule has 0 saturated heterocycles. The van der Waals surface area contributed by atoms with Gasteiger partial charge in [-0.05, 0) is 18.4 Å². The van der Waals surface area contributed by atoms with E-state index in [1.807, 2.05) is 6.92 Å². The van der Waals surface area contributed by atoms with Crippen molar-refractivity contribution in [2.24, 2.45) is 5.92 Å². The molecule has 0 saturated carbocycles. The Hall–Kier alpha value is -1.69. The Balaban J connectivity index is 2.49. The lowest BCUT2D eigenvalue weighted by Gasteiger charge is -2.24. The molecule has 0 radical (unpaired) electrons. The van der Waals surface area contributed by atoms with Crippen LogP contribution in [0.15, 0.2) is 12.2 Å². The van der Waals surface area contributed by atoms with Gasteiger partial charge in [0.1, 0.15) is 6.10 Å². The van der Waals surface area contributed by atoms with Gasteiger partial charge in [0.15, 0.2) is 5.78 Å². The number of carbonyl (C=O) groups is 3. The Kier molecular flexibility index (Phi) is 6.38. The molecule has 20 heavy (non-hydrogen) atoms. The molecule has 1 rings (SSSR count). The van der Waals surface area contributed by atoms with Crippen LogP contribution in [0.1, 0.15) is 33.6 Å². The molecule has 1 aliphatic heterocycles. The fourth-order valence-corrected chi connectivity index (χ4v) is 1.99. The quantitative estimate of drug-likeness (QED) is 0.541. The van der Waals surface area contributed by atoms with Crippen molar-refractivity contribution in [3.63, 3.8) is 0 Å². The van der Waals surface area contributed by atoms with Crippen molar-refractivity contribution >= 4 is 17.7 Å². The minimum atomic E-state index is -0.922. The maximum atomic E-state index is 11.6. The second kappa shape index (κ2) is 7.79. The van der Waals surface area contributed by atoms with E-state index in [-0.39, 0.29) is 11.7 Å². The van der Waals surface area contributed by atoms with Crippen LogP contribution in [0.2, 0.25) is 0 Å². The highest BCUT2D eigenvalue weighted by molar-refractivity contribution is 5.94. The van der Waals surface area contributed by atoms with Crippen molar-refractivity contribution in [3.05, 3.63) is 12.2 Å². The monoisotopic (exact) mass is 284 g/mol. The summed E-state index contributed by atoms with van der Waals surface area (Å²) in [6, 6.07) is 0. The number of carbonyl (C=O) groups excluding carboxylic acids is 3. The lowest BCUT2D eigenvalue weighted by atomic mass is 9.96. The van der Waals surface area contributed by atoms with Crippen LogP contribution in [0.3, 0.4) is 0 Å². The molecule has 0 aromatic rings. The highest BCUT2D eigenvalue weighted by Crippen LogP contribution is 2.20. The van der Waals surface area contributed by atoms with Crippen LogP contribution in [0, 0.1) is 5.92 Å². The summed E-state index contributed by atoms with van der Waals surface area (Å²) in [6.07, 6.45) is 2.60. The maximum Gasteiger partial charge on any atom is 0.305 e. The van der Waals surface area contributed by atoms with Crippen molar-refractivity contribution in [3.8, 4) is 0 Å². The highest BCUT2D eigenvalue weighted by atomic mass is 16.7. The van der Waals surface area contributed by atoms with Gasteiger partial charge in [0.2, 0.25) is 6.29 Å². The summed E-state index contributed by atoms with van der Waals surface area (Å²) < 4.78 is 15.2. The molecule has 1 heterocycles. The number of rotatable bonds is 6. The first-order chi connectivity index (χ1) is 9.38. The van der Waals surface area contributed by atoms with Crippen LogP contribution < -0.4 is 0 Å². The lowest BCUT2D eigenvalue weighted by molar-refractivity contribution is -0.187. The van der Waals surface area contributed by atoms with Gasteiger partial charge < -0.3 is 14.2 Å². The number of hydrogen-bond acceptors (Lipinski definition) is 6. The Bertz CT molecular complexity index is 384. The Morgan fingerprint density at radius 2 is 1.95 bits per heavy atom. The number of ether oxygens (including phenoxy) is 3. The summed E-state index contributed by atoms with van der Waals surface area (Å²) in [4.78, 5) is 33.5. The molecule has 0 N–H and O–H groups in total. The van der Waals surface area contributed by atoms with E-state index in [4.69, 9.17) is 14.2 Å². The topological polar surface area (TPSA) is 78.9 Å². The second-order valence-electron chi connectivity index (χ2n) is 4.85. The van der Waals surface area contributed by atoms with Gasteiger partial charge in [-0.1, -0.05) is 13.0 Å². The van der Waals surface area contributed by atoms with Crippen molar-refractivity contribution < 1.29 is 28.6 Å². The van der Waals surface area contributed by atoms with Gasteiger partial charge in [-0.15, -0.1) is 0 Å². The standard InChI is InChI=1S/C14H20O6/c1-9(7-13-12(17)5-4-6-18-13)8-14(19-10(2)15)20-11(3)16/h4-5,9,13-14H,6-8H2,1-3H3/t9?,13-/m1/s1. The molecule has 2 atom stereocenters. The third-order valence-corrected chi connectivity index (χ3v) is 2.80. The van der Waals surface area contributed by atoms with E-state index in [1.165, 1.54) is 19.9 Å². The third kappa shape index (κ3) is 5.97. The minimum Gasteiger partial charge on any atom is -0.425 e. The zero-order valence-electron chi connectivity index (χ0n) is 12.0. The first-order valence-electron chi connectivity index (χ1n) is 6.55. The zero-order chi connectivity index (χ0) is 15.1. The van der Waals surface area contributed by atoms with Gasteiger partial charge in [0.05, 0.1) is 6.61 Å². The van der Waals surface area contributed by atoms with Crippen molar-refractivity contribution in [2.45, 2.75) is 46.0 Å². The average Bonchev–Trinajstić information content (AvgIpc) is 2.30. The van der Waals surface area contributed by atoms with Crippen LogP contribution in [0.5, 0.6) is 0 Å². The van der Waals surface area contributed by atoms with Crippen LogP contribution in [0.25, 0.3) is 0 Å². The van der Waals surface area contributed by atoms with Crippen molar-refractivity contribution in [1.82, 2.24) is 0 Å². The molecule has 6 heteroatoms. The summed E-state index contributed by atoms with van der Waals surface area (Å²) in [6.45, 7) is 4.80. The van der Waals surface area contributed by atoms with E-state index < -0.39 is 24.3 Å². The van der Waals surface area contributed by atoms with E-state index in [9.17, 15) is 14.4 Å². The highest BCUT2D eigenvalue weighted by Gasteiger charge is 2.25. The molecule has 1 aliphatic rings. The number of esters is 2. The molecule has 6 nitrogen and oxygen atoms in total. The van der Waals surface area contributed by atoms with E-state index >= 15 is 0 Å². The molecular formula is C14H20O6. The molecule has 0 aromatic heterocycles. The van der Waals surface area contributed by atoms with Gasteiger partial charge in [-0.25, -0.2) is 0 Å². The Labute approximate surface area is 118 Å². The number of ketones is 1. The molecule has 0 aromatic carbocycles. The Morgan fingerprint density at radius 3 is 2.45 bits per heavy atom. The largest absolute Gasteiger partial charge is 0.425 e. The maximum absolute atomic E-state index is 11.6. The van der Waals surface area contributed by atoms with Gasteiger partial charge in [-0.2, -0.15) is 0 Å². The lowest BCUT2D eigenvalue weighted by Crippen LogP contribution is -2.30. The molecule has 112 valence electrons. The molecule has 0 bridgehead atoms. The second-order valence-corrected chi connectivity index (χ2v) is 4.85. The summed E-state index contributed by atoms with van der Waals surface area (Å²) in [5, 5.41) is 0. The van der Waals surface area contributed by atoms with E-state index in [1.54, 1.807) is 6.08 Å². The van der Waals surface area contributed by atoms with Gasteiger partial charge >= 0.3 is 11.9 Å². The molecule has 0 amide bonds. The fourth-order valence-electron chi connectivity index (χ4n) is 1.99. The molecule has 0 spiro atoms. The smallest absolute Gasteiger partial charge is 0.305 e. The predicted molar refractivity (Wildman–Crippen MR) is 69.6 cm³/mol. The van der Waals surface area contributed by atoms with Crippen LogP contribution in [-0.2, 0) is 28.6 Å². The molecular weight excluding hydrogens is 264 g/mol. The Morgan fingerprint density at radius 1 is 1.35 bits per heavy atom. The normalized spacial score (nSPS) is 19.8. The number of hydrogen-bond donors (Lipinski definition) is 0. The minimum absolute atomic E-state index is 0.000787. The van der Waals surface area contributed by atoms with Crippen molar-refractivity contribution in [2.75, 3.05) is 6.61 Å². The van der Waals surface area contributed by atoms with Crippen LogP contribution in [-0.4, -0.2) is 36.7 Å². The summed E-state index contributed by atoms with van der Waals surface area (Å²) in [7, 11) is 0. The zero-order valence-corrected chi connectivity index (χ0v) is 12.0. The average molecular weight is 284 g/mol. The van der Waals surface area contributed by atoms with Crippen molar-refractivity contribution in [1.29, 1.82) is 0 Å². The first-order valence-corrected chi connectivity index (χ1v) is 6.55. The van der Waals surface area contributed by atoms with E-state index in [2.05, 4.69) is 0 Å². The van der Waals surface area contributed by atoms with E-state index in [0.29, 0.717) is 19.4 Å². The molecule has 0 fully saturated rings. The molecule has 1 unspecified atom stereocenters. The van der Waals surface area contributed by atoms with Gasteiger partial charge in [0, 0.05) is 20.3 Å². The summed E-state index contributed by atoms with van der Waals surface area (Å²) in [5.74, 6) is -1.11. The van der Waals surface area contributed by atoms with Gasteiger partial charge in [-0.3, -0.25) is 14.4 Å². The molecule has 0 aliphatic carbocycles. The van der Waals surface area contributed by atoms with Gasteiger partial charge in [0.25, 0.3) is 0 Å². The van der Waals surface area contributed by atoms with E-state index in [0.717, 1.165) is 0 Å². The summed E-state index contributed by atoms with van der Waals surface area (Å²) >= 11 is 0. The van der Waals surface area contributed by atoms with Crippen LogP contribution in [0.4, 0.5) is 0 Å².